The van der Waals surface area contributed by atoms with Crippen molar-refractivity contribution in [3.05, 3.63) is 59.7 Å². The minimum atomic E-state index is -5.99. The van der Waals surface area contributed by atoms with E-state index < -0.39 is 41.5 Å². The van der Waals surface area contributed by atoms with E-state index in [1.54, 1.807) is 0 Å². The molecule has 0 unspecified atom stereocenters. The lowest BCUT2D eigenvalue weighted by molar-refractivity contribution is -0.376. The van der Waals surface area contributed by atoms with Crippen LogP contribution < -0.4 is 10.6 Å². The van der Waals surface area contributed by atoms with Crippen molar-refractivity contribution >= 4 is 23.3 Å². The molecule has 0 saturated carbocycles. The number of hydrogen-bond donors (Lipinski definition) is 4. The molecule has 0 aromatic heterocycles. The summed E-state index contributed by atoms with van der Waals surface area (Å²) in [5.74, 6) is -1.41. The Labute approximate surface area is 189 Å². The van der Waals surface area contributed by atoms with Crippen LogP contribution in [0.3, 0.4) is 0 Å². The summed E-state index contributed by atoms with van der Waals surface area (Å²) in [7, 11) is 1.10. The Morgan fingerprint density at radius 2 is 1.56 bits per heavy atom. The highest BCUT2D eigenvalue weighted by Crippen LogP contribution is 2.50. The standard InChI is InChI=1S/C21H20F6N2O5/c1-34-18(32)16(30)9-10-28-17(31)12-3-2-4-15(11-12)29-14-7-5-13(6-8-14)19(33,20(22,23)24)21(25,26)27/h2-8,11,16,29-30,33H,9-10H2,1H3,(H,28,31)/t16-/m1/s1. The van der Waals surface area contributed by atoms with Gasteiger partial charge in [0, 0.05) is 35.5 Å². The summed E-state index contributed by atoms with van der Waals surface area (Å²) >= 11 is 0. The maximum Gasteiger partial charge on any atom is 0.430 e. The second-order valence-corrected chi connectivity index (χ2v) is 7.07. The van der Waals surface area contributed by atoms with E-state index in [9.17, 15) is 46.1 Å². The van der Waals surface area contributed by atoms with E-state index in [2.05, 4.69) is 15.4 Å². The minimum Gasteiger partial charge on any atom is -0.467 e. The van der Waals surface area contributed by atoms with Gasteiger partial charge in [0.2, 0.25) is 0 Å². The largest absolute Gasteiger partial charge is 0.467 e. The first kappa shape index (κ1) is 26.9. The molecule has 2 aromatic rings. The maximum absolute atomic E-state index is 13.0. The SMILES string of the molecule is COC(=O)[C@H](O)CCNC(=O)c1cccc(Nc2ccc(C(O)(C(F)(F)F)C(F)(F)F)cc2)c1. The molecule has 186 valence electrons. The lowest BCUT2D eigenvalue weighted by Crippen LogP contribution is -2.53. The number of aliphatic hydroxyl groups is 2. The Morgan fingerprint density at radius 3 is 2.09 bits per heavy atom. The van der Waals surface area contributed by atoms with Crippen molar-refractivity contribution in [3.63, 3.8) is 0 Å². The van der Waals surface area contributed by atoms with Crippen LogP contribution in [0.25, 0.3) is 0 Å². The topological polar surface area (TPSA) is 108 Å². The maximum atomic E-state index is 13.0. The number of methoxy groups -OCH3 is 1. The van der Waals surface area contributed by atoms with Crippen molar-refractivity contribution in [1.29, 1.82) is 0 Å². The van der Waals surface area contributed by atoms with E-state index in [0.717, 1.165) is 19.2 Å². The van der Waals surface area contributed by atoms with Crippen LogP contribution in [-0.2, 0) is 15.1 Å². The van der Waals surface area contributed by atoms with Gasteiger partial charge in [-0.05, 0) is 30.3 Å². The van der Waals surface area contributed by atoms with Gasteiger partial charge in [0.25, 0.3) is 11.5 Å². The number of alkyl halides is 6. The monoisotopic (exact) mass is 494 g/mol. The van der Waals surface area contributed by atoms with Crippen molar-refractivity contribution < 1.29 is 50.9 Å². The summed E-state index contributed by atoms with van der Waals surface area (Å²) in [6, 6.07) is 8.58. The first-order valence-corrected chi connectivity index (χ1v) is 9.58. The number of nitrogens with one attached hydrogen (secondary N) is 2. The fraction of sp³-hybridized carbons (Fsp3) is 0.333. The Bertz CT molecular complexity index is 994. The van der Waals surface area contributed by atoms with Gasteiger partial charge in [-0.2, -0.15) is 26.3 Å². The lowest BCUT2D eigenvalue weighted by Gasteiger charge is -2.32. The van der Waals surface area contributed by atoms with Gasteiger partial charge in [0.15, 0.2) is 6.10 Å². The fourth-order valence-electron chi connectivity index (χ4n) is 2.87. The molecule has 7 nitrogen and oxygen atoms in total. The highest BCUT2D eigenvalue weighted by atomic mass is 19.4. The average Bonchev–Trinajstić information content (AvgIpc) is 2.77. The normalized spacial score (nSPS) is 13.2. The summed E-state index contributed by atoms with van der Waals surface area (Å²) in [6.45, 7) is -0.0461. The van der Waals surface area contributed by atoms with Gasteiger partial charge in [-0.25, -0.2) is 4.79 Å². The van der Waals surface area contributed by atoms with Crippen LogP contribution in [0, 0.1) is 0 Å². The van der Waals surface area contributed by atoms with E-state index in [1.165, 1.54) is 24.3 Å². The fourth-order valence-corrected chi connectivity index (χ4v) is 2.87. The predicted molar refractivity (Wildman–Crippen MR) is 107 cm³/mol. The zero-order valence-corrected chi connectivity index (χ0v) is 17.5. The molecule has 4 N–H and O–H groups in total. The molecule has 2 aromatic carbocycles. The highest BCUT2D eigenvalue weighted by molar-refractivity contribution is 5.95. The van der Waals surface area contributed by atoms with Crippen LogP contribution >= 0.6 is 0 Å². The van der Waals surface area contributed by atoms with Gasteiger partial charge in [0.1, 0.15) is 0 Å². The number of carbonyl (C=O) groups is 2. The highest BCUT2D eigenvalue weighted by Gasteiger charge is 2.71. The number of anilines is 2. The molecule has 0 aliphatic carbocycles. The quantitative estimate of drug-likeness (QED) is 0.331. The van der Waals surface area contributed by atoms with Crippen molar-refractivity contribution in [1.82, 2.24) is 5.32 Å². The van der Waals surface area contributed by atoms with Gasteiger partial charge in [-0.1, -0.05) is 18.2 Å². The number of esters is 1. The van der Waals surface area contributed by atoms with Crippen LogP contribution in [0.1, 0.15) is 22.3 Å². The molecule has 2 rings (SSSR count). The van der Waals surface area contributed by atoms with E-state index in [4.69, 9.17) is 0 Å². The van der Waals surface area contributed by atoms with Gasteiger partial charge in [-0.3, -0.25) is 4.79 Å². The molecule has 34 heavy (non-hydrogen) atoms. The zero-order chi connectivity index (χ0) is 25.7. The van der Waals surface area contributed by atoms with E-state index in [0.29, 0.717) is 12.1 Å². The second-order valence-electron chi connectivity index (χ2n) is 7.07. The summed E-state index contributed by atoms with van der Waals surface area (Å²) in [4.78, 5) is 23.4. The molecule has 0 aliphatic rings. The van der Waals surface area contributed by atoms with Crippen LogP contribution in [0.4, 0.5) is 37.7 Å². The molecule has 1 atom stereocenters. The molecular formula is C21H20F6N2O5. The van der Waals surface area contributed by atoms with Crippen molar-refractivity contribution in [2.24, 2.45) is 0 Å². The Balaban J connectivity index is 2.10. The molecule has 0 aliphatic heterocycles. The summed E-state index contributed by atoms with van der Waals surface area (Å²) < 4.78 is 82.3. The third-order valence-corrected chi connectivity index (χ3v) is 4.71. The first-order valence-electron chi connectivity index (χ1n) is 9.58. The average molecular weight is 494 g/mol. The van der Waals surface area contributed by atoms with Crippen LogP contribution in [0.15, 0.2) is 48.5 Å². The molecule has 0 heterocycles. The number of ether oxygens (including phenoxy) is 1. The molecule has 0 spiro atoms. The smallest absolute Gasteiger partial charge is 0.430 e. The third kappa shape index (κ3) is 5.97. The molecule has 0 saturated heterocycles. The Kier molecular flexibility index (Phi) is 8.16. The lowest BCUT2D eigenvalue weighted by atomic mass is 9.92. The molecule has 0 radical (unpaired) electrons. The third-order valence-electron chi connectivity index (χ3n) is 4.71. The van der Waals surface area contributed by atoms with Gasteiger partial charge >= 0.3 is 18.3 Å². The Morgan fingerprint density at radius 1 is 0.971 bits per heavy atom. The summed E-state index contributed by atoms with van der Waals surface area (Å²) in [5, 5.41) is 24.1. The van der Waals surface area contributed by atoms with Gasteiger partial charge in [0.05, 0.1) is 7.11 Å². The van der Waals surface area contributed by atoms with Crippen molar-refractivity contribution in [3.8, 4) is 0 Å². The van der Waals surface area contributed by atoms with Crippen LogP contribution in [-0.4, -0.2) is 54.2 Å². The number of halogens is 6. The minimum absolute atomic E-state index is 0.0461. The number of benzene rings is 2. The summed E-state index contributed by atoms with van der Waals surface area (Å²) in [6.07, 6.45) is -13.5. The van der Waals surface area contributed by atoms with Crippen molar-refractivity contribution in [2.45, 2.75) is 30.5 Å². The number of hydrogen-bond acceptors (Lipinski definition) is 6. The van der Waals surface area contributed by atoms with E-state index in [1.807, 2.05) is 0 Å². The van der Waals surface area contributed by atoms with Gasteiger partial charge < -0.3 is 25.6 Å². The number of carbonyl (C=O) groups excluding carboxylic acids is 2. The predicted octanol–water partition coefficient (Wildman–Crippen LogP) is 3.40. The van der Waals surface area contributed by atoms with E-state index in [-0.39, 0.29) is 29.9 Å². The first-order chi connectivity index (χ1) is 15.7. The molecule has 1 amide bonds. The molecular weight excluding hydrogens is 474 g/mol. The molecule has 13 heteroatoms. The molecule has 0 fully saturated rings. The van der Waals surface area contributed by atoms with Crippen LogP contribution in [0.2, 0.25) is 0 Å². The van der Waals surface area contributed by atoms with E-state index >= 15 is 0 Å². The zero-order valence-electron chi connectivity index (χ0n) is 17.5. The van der Waals surface area contributed by atoms with Crippen molar-refractivity contribution in [2.75, 3.05) is 19.0 Å². The van der Waals surface area contributed by atoms with Crippen LogP contribution in [0.5, 0.6) is 0 Å². The number of aliphatic hydroxyl groups excluding tert-OH is 1. The molecule has 0 bridgehead atoms. The second kappa shape index (κ2) is 10.3. The number of rotatable bonds is 8. The Hall–Kier alpha value is -3.32. The van der Waals surface area contributed by atoms with Gasteiger partial charge in [-0.15, -0.1) is 0 Å². The number of amides is 1. The summed E-state index contributed by atoms with van der Waals surface area (Å²) in [5.41, 5.74) is -5.90.